The Kier molecular flexibility index (Phi) is 5.50. The van der Waals surface area contributed by atoms with Crippen LogP contribution in [-0.4, -0.2) is 29.2 Å². The van der Waals surface area contributed by atoms with Crippen LogP contribution in [0.5, 0.6) is 0 Å². The van der Waals surface area contributed by atoms with Crippen LogP contribution < -0.4 is 0 Å². The van der Waals surface area contributed by atoms with Gasteiger partial charge in [-0.25, -0.2) is 0 Å². The van der Waals surface area contributed by atoms with Crippen molar-refractivity contribution >= 4 is 6.29 Å². The second kappa shape index (κ2) is 7.54. The number of aliphatic hydroxyl groups excluding tert-OH is 2. The molecule has 0 aliphatic heterocycles. The maximum Gasteiger partial charge on any atom is 0.123 e. The second-order valence-corrected chi connectivity index (χ2v) is 14.2. The molecule has 0 saturated heterocycles. The van der Waals surface area contributed by atoms with Crippen LogP contribution >= 0.6 is 0 Å². The van der Waals surface area contributed by atoms with E-state index in [-0.39, 0.29) is 22.9 Å². The van der Waals surface area contributed by atoms with E-state index in [4.69, 9.17) is 0 Å². The average molecular weight is 445 g/mol. The molecular weight excluding hydrogens is 396 g/mol. The molecule has 0 amide bonds. The largest absolute Gasteiger partial charge is 0.396 e. The Balaban J connectivity index is 1.49. The summed E-state index contributed by atoms with van der Waals surface area (Å²) < 4.78 is 0. The van der Waals surface area contributed by atoms with Gasteiger partial charge in [0.05, 0.1) is 6.10 Å². The minimum absolute atomic E-state index is 0.0136. The minimum atomic E-state index is -0.162. The fourth-order valence-corrected chi connectivity index (χ4v) is 11.4. The van der Waals surface area contributed by atoms with E-state index in [1.165, 1.54) is 44.8 Å². The van der Waals surface area contributed by atoms with Gasteiger partial charge in [-0.15, -0.1) is 0 Å². The Bertz CT molecular complexity index is 747. The number of fused-ring (bicyclic) bond motifs is 7. The molecule has 5 aliphatic carbocycles. The van der Waals surface area contributed by atoms with Crippen LogP contribution in [0.25, 0.3) is 0 Å². The molecule has 5 rings (SSSR count). The van der Waals surface area contributed by atoms with Gasteiger partial charge in [-0.05, 0) is 121 Å². The van der Waals surface area contributed by atoms with Crippen molar-refractivity contribution in [2.24, 2.45) is 63.1 Å². The third-order valence-electron chi connectivity index (χ3n) is 13.0. The summed E-state index contributed by atoms with van der Waals surface area (Å²) >= 11 is 0. The third-order valence-corrected chi connectivity index (χ3v) is 13.0. The third kappa shape index (κ3) is 2.88. The van der Waals surface area contributed by atoms with Crippen molar-refractivity contribution in [3.8, 4) is 0 Å². The van der Waals surface area contributed by atoms with Gasteiger partial charge in [-0.2, -0.15) is 0 Å². The predicted molar refractivity (Wildman–Crippen MR) is 128 cm³/mol. The molecule has 0 aromatic carbocycles. The summed E-state index contributed by atoms with van der Waals surface area (Å²) in [5.74, 6) is 3.87. The molecule has 5 fully saturated rings. The summed E-state index contributed by atoms with van der Waals surface area (Å²) in [5.41, 5.74) is 0.785. The quantitative estimate of drug-likeness (QED) is 0.536. The lowest BCUT2D eigenvalue weighted by molar-refractivity contribution is -0.218. The Hall–Kier alpha value is -0.410. The molecule has 0 bridgehead atoms. The van der Waals surface area contributed by atoms with Gasteiger partial charge in [0.25, 0.3) is 0 Å². The molecule has 182 valence electrons. The first kappa shape index (κ1) is 23.3. The molecule has 3 heteroatoms. The molecule has 0 radical (unpaired) electrons. The number of carbonyl (C=O) groups is 1. The SMILES string of the molecule is C[C@H](C=O)[C@@H]1CC[C@]2(CO)CCC3C(CCC4[C@@]3(C)CCC3C(C)(C)[C@@H](O)CC[C@@]34C)C12. The van der Waals surface area contributed by atoms with Crippen LogP contribution in [0.4, 0.5) is 0 Å². The zero-order chi connectivity index (χ0) is 23.1. The van der Waals surface area contributed by atoms with E-state index in [9.17, 15) is 15.0 Å². The van der Waals surface area contributed by atoms with Crippen molar-refractivity contribution < 1.29 is 15.0 Å². The molecule has 3 nitrogen and oxygen atoms in total. The Morgan fingerprint density at radius 2 is 1.56 bits per heavy atom. The molecule has 0 spiro atoms. The van der Waals surface area contributed by atoms with Crippen molar-refractivity contribution in [2.45, 2.75) is 105 Å². The molecule has 0 heterocycles. The molecule has 32 heavy (non-hydrogen) atoms. The van der Waals surface area contributed by atoms with E-state index in [0.29, 0.717) is 41.1 Å². The summed E-state index contributed by atoms with van der Waals surface area (Å²) in [7, 11) is 0. The first-order valence-corrected chi connectivity index (χ1v) is 13.8. The highest BCUT2D eigenvalue weighted by molar-refractivity contribution is 5.53. The average Bonchev–Trinajstić information content (AvgIpc) is 3.16. The molecule has 5 aliphatic rings. The highest BCUT2D eigenvalue weighted by atomic mass is 16.3. The van der Waals surface area contributed by atoms with Crippen LogP contribution in [0, 0.1) is 63.1 Å². The van der Waals surface area contributed by atoms with E-state index in [2.05, 4.69) is 34.6 Å². The number of aliphatic hydroxyl groups is 2. The van der Waals surface area contributed by atoms with E-state index in [1.54, 1.807) is 0 Å². The zero-order valence-corrected chi connectivity index (χ0v) is 21.3. The molecule has 5 unspecified atom stereocenters. The smallest absolute Gasteiger partial charge is 0.123 e. The molecular formula is C29H48O3. The monoisotopic (exact) mass is 444 g/mol. The van der Waals surface area contributed by atoms with Crippen LogP contribution in [0.15, 0.2) is 0 Å². The zero-order valence-electron chi connectivity index (χ0n) is 21.3. The molecule has 0 aromatic rings. The summed E-state index contributed by atoms with van der Waals surface area (Å²) in [5, 5.41) is 21.4. The van der Waals surface area contributed by atoms with Crippen molar-refractivity contribution in [3.05, 3.63) is 0 Å². The number of hydrogen-bond acceptors (Lipinski definition) is 3. The first-order valence-electron chi connectivity index (χ1n) is 13.8. The standard InChI is InChI=1S/C29H48O3/c1-18(16-30)19-8-14-29(17-31)15-9-21-20(25(19)29)6-7-23-27(21,4)12-10-22-26(2,3)24(32)11-13-28(22,23)5/h16,18-25,31-32H,6-15,17H2,1-5H3/t18-,19+,20?,21?,22?,23?,24+,25?,27+,28+,29-/m1/s1. The van der Waals surface area contributed by atoms with Gasteiger partial charge in [0.1, 0.15) is 6.29 Å². The first-order chi connectivity index (χ1) is 15.0. The topological polar surface area (TPSA) is 57.5 Å². The maximum absolute atomic E-state index is 11.8. The number of aldehydes is 1. The van der Waals surface area contributed by atoms with Crippen LogP contribution in [0.3, 0.4) is 0 Å². The van der Waals surface area contributed by atoms with Gasteiger partial charge in [0.2, 0.25) is 0 Å². The van der Waals surface area contributed by atoms with Gasteiger partial charge < -0.3 is 15.0 Å². The lowest BCUT2D eigenvalue weighted by Gasteiger charge is -2.69. The van der Waals surface area contributed by atoms with Gasteiger partial charge in [0.15, 0.2) is 0 Å². The fourth-order valence-electron chi connectivity index (χ4n) is 11.4. The molecule has 0 aromatic heterocycles. The van der Waals surface area contributed by atoms with Crippen molar-refractivity contribution in [1.82, 2.24) is 0 Å². The van der Waals surface area contributed by atoms with Crippen LogP contribution in [0.2, 0.25) is 0 Å². The van der Waals surface area contributed by atoms with Crippen molar-refractivity contribution in [3.63, 3.8) is 0 Å². The van der Waals surface area contributed by atoms with E-state index in [1.807, 2.05) is 0 Å². The van der Waals surface area contributed by atoms with Crippen LogP contribution in [0.1, 0.15) is 98.8 Å². The number of rotatable bonds is 3. The second-order valence-electron chi connectivity index (χ2n) is 14.2. The Morgan fingerprint density at radius 3 is 2.25 bits per heavy atom. The van der Waals surface area contributed by atoms with Crippen LogP contribution in [-0.2, 0) is 4.79 Å². The molecule has 2 N–H and O–H groups in total. The molecule has 11 atom stereocenters. The fraction of sp³-hybridized carbons (Fsp3) is 0.966. The van der Waals surface area contributed by atoms with Crippen molar-refractivity contribution in [1.29, 1.82) is 0 Å². The van der Waals surface area contributed by atoms with Gasteiger partial charge in [0, 0.05) is 12.5 Å². The van der Waals surface area contributed by atoms with E-state index < -0.39 is 0 Å². The van der Waals surface area contributed by atoms with Crippen molar-refractivity contribution in [2.75, 3.05) is 6.61 Å². The highest BCUT2D eigenvalue weighted by Crippen LogP contribution is 2.73. The van der Waals surface area contributed by atoms with E-state index in [0.717, 1.165) is 37.5 Å². The minimum Gasteiger partial charge on any atom is -0.396 e. The summed E-state index contributed by atoms with van der Waals surface area (Å²) in [6.45, 7) is 12.3. The summed E-state index contributed by atoms with van der Waals surface area (Å²) in [4.78, 5) is 11.8. The predicted octanol–water partition coefficient (Wildman–Crippen LogP) is 5.87. The Morgan fingerprint density at radius 1 is 0.875 bits per heavy atom. The lowest BCUT2D eigenvalue weighted by atomic mass is 9.36. The summed E-state index contributed by atoms with van der Waals surface area (Å²) in [6, 6.07) is 0. The number of carbonyl (C=O) groups excluding carboxylic acids is 1. The number of hydrogen-bond donors (Lipinski definition) is 2. The van der Waals surface area contributed by atoms with E-state index >= 15 is 0 Å². The normalized spacial score (nSPS) is 55.2. The highest BCUT2D eigenvalue weighted by Gasteiger charge is 2.67. The summed E-state index contributed by atoms with van der Waals surface area (Å²) in [6.07, 6.45) is 13.0. The maximum atomic E-state index is 11.8. The molecule has 5 saturated carbocycles. The lowest BCUT2D eigenvalue weighted by Crippen LogP contribution is -2.63. The van der Waals surface area contributed by atoms with Gasteiger partial charge in [-0.3, -0.25) is 0 Å². The van der Waals surface area contributed by atoms with Gasteiger partial charge in [-0.1, -0.05) is 34.6 Å². The van der Waals surface area contributed by atoms with Gasteiger partial charge >= 0.3 is 0 Å². The Labute approximate surface area is 196 Å².